The van der Waals surface area contributed by atoms with E-state index in [0.29, 0.717) is 11.5 Å². The van der Waals surface area contributed by atoms with Crippen LogP contribution in [0.1, 0.15) is 59.8 Å². The Kier molecular flexibility index (Phi) is 6.49. The molecule has 0 saturated heterocycles. The zero-order chi connectivity index (χ0) is 15.4. The van der Waals surface area contributed by atoms with Gasteiger partial charge in [0.2, 0.25) is 0 Å². The van der Waals surface area contributed by atoms with Crippen molar-refractivity contribution in [1.82, 2.24) is 4.90 Å². The number of methoxy groups -OCH3 is 1. The van der Waals surface area contributed by atoms with Crippen molar-refractivity contribution in [3.05, 3.63) is 0 Å². The lowest BCUT2D eigenvalue weighted by Crippen LogP contribution is -2.56. The summed E-state index contributed by atoms with van der Waals surface area (Å²) in [7, 11) is 4.01. The number of nitrogens with zero attached hydrogens (tertiary/aromatic N) is 1. The standard InChI is InChI=1S/C17H36N2O/c1-14(12-20-6)19(5)17(13-18)10-7-8-15(9-11-17)16(2,3)4/h14-15H,7-13,18H2,1-6H3. The molecule has 3 atom stereocenters. The van der Waals surface area contributed by atoms with Crippen LogP contribution in [0.25, 0.3) is 0 Å². The second kappa shape index (κ2) is 7.24. The van der Waals surface area contributed by atoms with Crippen molar-refractivity contribution in [2.24, 2.45) is 17.1 Å². The van der Waals surface area contributed by atoms with Crippen molar-refractivity contribution in [3.63, 3.8) is 0 Å². The van der Waals surface area contributed by atoms with E-state index >= 15 is 0 Å². The molecular formula is C17H36N2O. The molecule has 3 nitrogen and oxygen atoms in total. The summed E-state index contributed by atoms with van der Waals surface area (Å²) in [4.78, 5) is 2.49. The molecule has 0 aromatic rings. The van der Waals surface area contributed by atoms with Crippen LogP contribution in [0.2, 0.25) is 0 Å². The summed E-state index contributed by atoms with van der Waals surface area (Å²) >= 11 is 0. The molecule has 0 amide bonds. The summed E-state index contributed by atoms with van der Waals surface area (Å²) in [5, 5.41) is 0. The highest BCUT2D eigenvalue weighted by Gasteiger charge is 2.39. The third-order valence-corrected chi connectivity index (χ3v) is 5.57. The van der Waals surface area contributed by atoms with Gasteiger partial charge in [-0.05, 0) is 51.0 Å². The van der Waals surface area contributed by atoms with E-state index in [2.05, 4.69) is 39.6 Å². The summed E-state index contributed by atoms with van der Waals surface area (Å²) in [6.07, 6.45) is 6.38. The van der Waals surface area contributed by atoms with Gasteiger partial charge in [0, 0.05) is 25.2 Å². The van der Waals surface area contributed by atoms with E-state index in [1.807, 2.05) is 0 Å². The van der Waals surface area contributed by atoms with Gasteiger partial charge in [0.15, 0.2) is 0 Å². The van der Waals surface area contributed by atoms with Crippen LogP contribution >= 0.6 is 0 Å². The van der Waals surface area contributed by atoms with Gasteiger partial charge in [-0.1, -0.05) is 27.2 Å². The van der Waals surface area contributed by atoms with Crippen LogP contribution in [0.3, 0.4) is 0 Å². The molecule has 1 fully saturated rings. The Hall–Kier alpha value is -0.120. The molecular weight excluding hydrogens is 248 g/mol. The Bertz CT molecular complexity index is 287. The van der Waals surface area contributed by atoms with Crippen LogP contribution in [0.5, 0.6) is 0 Å². The lowest BCUT2D eigenvalue weighted by Gasteiger charge is -2.44. The van der Waals surface area contributed by atoms with Crippen LogP contribution in [0.15, 0.2) is 0 Å². The third-order valence-electron chi connectivity index (χ3n) is 5.57. The predicted molar refractivity (Wildman–Crippen MR) is 86.9 cm³/mol. The summed E-state index contributed by atoms with van der Waals surface area (Å²) < 4.78 is 5.33. The van der Waals surface area contributed by atoms with Gasteiger partial charge in [0.05, 0.1) is 6.61 Å². The molecule has 3 unspecified atom stereocenters. The molecule has 2 N–H and O–H groups in total. The van der Waals surface area contributed by atoms with Gasteiger partial charge in [-0.15, -0.1) is 0 Å². The first kappa shape index (κ1) is 17.9. The average Bonchev–Trinajstić information content (AvgIpc) is 2.61. The molecule has 0 aromatic carbocycles. The number of ether oxygens (including phenoxy) is 1. The minimum absolute atomic E-state index is 0.165. The summed E-state index contributed by atoms with van der Waals surface area (Å²) in [5.74, 6) is 0.821. The van der Waals surface area contributed by atoms with E-state index in [4.69, 9.17) is 10.5 Å². The molecule has 1 rings (SSSR count). The average molecular weight is 284 g/mol. The number of hydrogen-bond donors (Lipinski definition) is 1. The number of hydrogen-bond acceptors (Lipinski definition) is 3. The van der Waals surface area contributed by atoms with Crippen molar-refractivity contribution < 1.29 is 4.74 Å². The highest BCUT2D eigenvalue weighted by Crippen LogP contribution is 2.41. The highest BCUT2D eigenvalue weighted by atomic mass is 16.5. The van der Waals surface area contributed by atoms with E-state index < -0.39 is 0 Å². The lowest BCUT2D eigenvalue weighted by molar-refractivity contribution is 0.0271. The molecule has 0 bridgehead atoms. The Morgan fingerprint density at radius 3 is 2.45 bits per heavy atom. The van der Waals surface area contributed by atoms with E-state index in [1.54, 1.807) is 7.11 Å². The van der Waals surface area contributed by atoms with Gasteiger partial charge in [-0.25, -0.2) is 0 Å². The molecule has 0 spiro atoms. The van der Waals surface area contributed by atoms with E-state index in [9.17, 15) is 0 Å². The first-order valence-corrected chi connectivity index (χ1v) is 8.19. The maximum absolute atomic E-state index is 6.21. The van der Waals surface area contributed by atoms with Gasteiger partial charge in [-0.2, -0.15) is 0 Å². The fourth-order valence-electron chi connectivity index (χ4n) is 3.78. The fourth-order valence-corrected chi connectivity index (χ4v) is 3.78. The fraction of sp³-hybridized carbons (Fsp3) is 1.00. The van der Waals surface area contributed by atoms with Crippen molar-refractivity contribution >= 4 is 0 Å². The van der Waals surface area contributed by atoms with Crippen molar-refractivity contribution in [2.75, 3.05) is 27.3 Å². The molecule has 3 heteroatoms. The molecule has 1 aliphatic rings. The topological polar surface area (TPSA) is 38.5 Å². The molecule has 1 aliphatic carbocycles. The Balaban J connectivity index is 2.79. The first-order chi connectivity index (χ1) is 9.27. The summed E-state index contributed by atoms with van der Waals surface area (Å²) in [6, 6.07) is 0.426. The van der Waals surface area contributed by atoms with Crippen molar-refractivity contribution in [1.29, 1.82) is 0 Å². The zero-order valence-electron chi connectivity index (χ0n) is 14.5. The molecule has 0 aliphatic heterocycles. The van der Waals surface area contributed by atoms with Crippen LogP contribution < -0.4 is 5.73 Å². The van der Waals surface area contributed by atoms with Gasteiger partial charge in [0.25, 0.3) is 0 Å². The number of nitrogens with two attached hydrogens (primary N) is 1. The lowest BCUT2D eigenvalue weighted by atomic mass is 9.76. The minimum Gasteiger partial charge on any atom is -0.383 e. The maximum atomic E-state index is 6.21. The van der Waals surface area contributed by atoms with Crippen LogP contribution in [-0.4, -0.2) is 43.8 Å². The summed E-state index contributed by atoms with van der Waals surface area (Å²) in [5.41, 5.74) is 6.80. The van der Waals surface area contributed by atoms with Gasteiger partial charge in [-0.3, -0.25) is 4.90 Å². The van der Waals surface area contributed by atoms with Gasteiger partial charge < -0.3 is 10.5 Å². The predicted octanol–water partition coefficient (Wildman–Crippen LogP) is 3.28. The smallest absolute Gasteiger partial charge is 0.0615 e. The maximum Gasteiger partial charge on any atom is 0.0615 e. The molecule has 20 heavy (non-hydrogen) atoms. The van der Waals surface area contributed by atoms with Gasteiger partial charge in [0.1, 0.15) is 0 Å². The van der Waals surface area contributed by atoms with Crippen LogP contribution in [-0.2, 0) is 4.74 Å². The number of rotatable bonds is 5. The minimum atomic E-state index is 0.165. The first-order valence-electron chi connectivity index (χ1n) is 8.19. The van der Waals surface area contributed by atoms with Crippen LogP contribution in [0, 0.1) is 11.3 Å². The molecule has 0 radical (unpaired) electrons. The van der Waals surface area contributed by atoms with Crippen molar-refractivity contribution in [2.45, 2.75) is 71.4 Å². The summed E-state index contributed by atoms with van der Waals surface area (Å²) in [6.45, 7) is 10.9. The Morgan fingerprint density at radius 1 is 1.30 bits per heavy atom. The molecule has 120 valence electrons. The Morgan fingerprint density at radius 2 is 1.95 bits per heavy atom. The second-order valence-electron chi connectivity index (χ2n) is 7.84. The molecule has 1 saturated carbocycles. The van der Waals surface area contributed by atoms with Crippen LogP contribution in [0.4, 0.5) is 0 Å². The van der Waals surface area contributed by atoms with Crippen molar-refractivity contribution in [3.8, 4) is 0 Å². The van der Waals surface area contributed by atoms with E-state index in [1.165, 1.54) is 32.1 Å². The van der Waals surface area contributed by atoms with E-state index in [-0.39, 0.29) is 5.54 Å². The highest BCUT2D eigenvalue weighted by molar-refractivity contribution is 4.96. The third kappa shape index (κ3) is 4.19. The van der Waals surface area contributed by atoms with Gasteiger partial charge >= 0.3 is 0 Å². The number of likely N-dealkylation sites (N-methyl/N-ethyl adjacent to an activating group) is 1. The van der Waals surface area contributed by atoms with E-state index in [0.717, 1.165) is 19.1 Å². The second-order valence-corrected chi connectivity index (χ2v) is 7.84. The SMILES string of the molecule is COCC(C)N(C)C1(CN)CCCC(C(C)(C)C)CC1. The zero-order valence-corrected chi connectivity index (χ0v) is 14.5. The monoisotopic (exact) mass is 284 g/mol. The molecule has 0 aromatic heterocycles. The quantitative estimate of drug-likeness (QED) is 0.787. The largest absolute Gasteiger partial charge is 0.383 e. The Labute approximate surface area is 126 Å². The normalized spacial score (nSPS) is 30.3. The molecule has 0 heterocycles.